The molecular weight excluding hydrogens is 160 g/mol. The minimum absolute atomic E-state index is 0.293. The number of rotatable bonds is 6. The van der Waals surface area contributed by atoms with E-state index in [0.717, 1.165) is 6.42 Å². The van der Waals surface area contributed by atoms with Crippen molar-refractivity contribution in [2.45, 2.75) is 26.6 Å². The van der Waals surface area contributed by atoms with Gasteiger partial charge in [-0.2, -0.15) is 0 Å². The smallest absolute Gasteiger partial charge is 0.370 e. The van der Waals surface area contributed by atoms with Crippen LogP contribution < -0.4 is 0 Å². The van der Waals surface area contributed by atoms with Gasteiger partial charge in [-0.15, -0.1) is 0 Å². The zero-order valence-electron chi connectivity index (χ0n) is 7.37. The van der Waals surface area contributed by atoms with Crippen LogP contribution in [0.3, 0.4) is 0 Å². The fourth-order valence-corrected chi connectivity index (χ4v) is 0.569. The highest BCUT2D eigenvalue weighted by Crippen LogP contribution is 2.02. The van der Waals surface area contributed by atoms with Crippen LogP contribution in [0.25, 0.3) is 0 Å². The van der Waals surface area contributed by atoms with Crippen LogP contribution in [0.4, 0.5) is 0 Å². The molecule has 0 bridgehead atoms. The third kappa shape index (κ3) is 4.73. The van der Waals surface area contributed by atoms with Crippen LogP contribution in [0.2, 0.25) is 0 Å². The predicted octanol–water partition coefficient (Wildman–Crippen LogP) is 1.37. The van der Waals surface area contributed by atoms with Crippen LogP contribution in [0.5, 0.6) is 0 Å². The first-order valence-corrected chi connectivity index (χ1v) is 3.78. The molecule has 0 rings (SSSR count). The maximum absolute atomic E-state index is 10.2. The molecule has 0 fully saturated rings. The number of hydrogen-bond acceptors (Lipinski definition) is 3. The highest BCUT2D eigenvalue weighted by Gasteiger charge is 2.09. The number of hydrogen-bond donors (Lipinski definition) is 1. The largest absolute Gasteiger partial charge is 0.475 e. The first-order chi connectivity index (χ1) is 5.57. The fourth-order valence-electron chi connectivity index (χ4n) is 0.569. The van der Waals surface area contributed by atoms with Crippen molar-refractivity contribution in [2.24, 2.45) is 0 Å². The topological polar surface area (TPSA) is 55.8 Å². The molecule has 4 heteroatoms. The zero-order valence-corrected chi connectivity index (χ0v) is 7.37. The molecule has 1 unspecified atom stereocenters. The van der Waals surface area contributed by atoms with Crippen LogP contribution in [0.1, 0.15) is 20.3 Å². The summed E-state index contributed by atoms with van der Waals surface area (Å²) in [6.07, 6.45) is 0.321. The molecule has 4 nitrogen and oxygen atoms in total. The Bertz CT molecular complexity index is 164. The van der Waals surface area contributed by atoms with Gasteiger partial charge in [-0.05, 0) is 19.9 Å². The van der Waals surface area contributed by atoms with Gasteiger partial charge in [0.2, 0.25) is 0 Å². The summed E-state index contributed by atoms with van der Waals surface area (Å²) in [5, 5.41) is 8.38. The second-order valence-electron chi connectivity index (χ2n) is 2.28. The van der Waals surface area contributed by atoms with E-state index in [0.29, 0.717) is 6.61 Å². The molecule has 0 spiro atoms. The molecular formula is C8H14O4. The van der Waals surface area contributed by atoms with Gasteiger partial charge in [-0.1, -0.05) is 6.92 Å². The third-order valence-electron chi connectivity index (χ3n) is 1.10. The molecule has 0 aromatic heterocycles. The molecule has 0 aliphatic heterocycles. The second kappa shape index (κ2) is 5.60. The van der Waals surface area contributed by atoms with Crippen LogP contribution >= 0.6 is 0 Å². The standard InChI is InChI=1S/C8H14O4/c1-4-5-11-7(3)12-6(2)8(9)10/h7H,2,4-5H2,1,3H3,(H,9,10). The Morgan fingerprint density at radius 3 is 2.67 bits per heavy atom. The Morgan fingerprint density at radius 2 is 2.25 bits per heavy atom. The van der Waals surface area contributed by atoms with Gasteiger partial charge < -0.3 is 14.6 Å². The number of aliphatic carboxylic acids is 1. The summed E-state index contributed by atoms with van der Waals surface area (Å²) in [5.74, 6) is -1.46. The Balaban J connectivity index is 3.61. The Labute approximate surface area is 71.8 Å². The Morgan fingerprint density at radius 1 is 1.67 bits per heavy atom. The summed E-state index contributed by atoms with van der Waals surface area (Å²) in [6, 6.07) is 0. The Hall–Kier alpha value is -1.03. The molecule has 70 valence electrons. The highest BCUT2D eigenvalue weighted by atomic mass is 16.7. The van der Waals surface area contributed by atoms with Crippen LogP contribution in [-0.2, 0) is 14.3 Å². The first kappa shape index (κ1) is 11.0. The minimum Gasteiger partial charge on any atom is -0.475 e. The van der Waals surface area contributed by atoms with E-state index in [2.05, 4.69) is 6.58 Å². The van der Waals surface area contributed by atoms with Crippen molar-refractivity contribution in [1.82, 2.24) is 0 Å². The molecule has 0 aliphatic carbocycles. The lowest BCUT2D eigenvalue weighted by molar-refractivity contribution is -0.148. The first-order valence-electron chi connectivity index (χ1n) is 3.78. The van der Waals surface area contributed by atoms with Gasteiger partial charge in [0.1, 0.15) is 0 Å². The van der Waals surface area contributed by atoms with E-state index >= 15 is 0 Å². The average molecular weight is 174 g/mol. The van der Waals surface area contributed by atoms with E-state index in [4.69, 9.17) is 14.6 Å². The van der Waals surface area contributed by atoms with E-state index in [1.807, 2.05) is 6.92 Å². The van der Waals surface area contributed by atoms with Gasteiger partial charge in [0.05, 0.1) is 6.61 Å². The molecule has 0 saturated heterocycles. The van der Waals surface area contributed by atoms with E-state index in [9.17, 15) is 4.79 Å². The monoisotopic (exact) mass is 174 g/mol. The fraction of sp³-hybridized carbons (Fsp3) is 0.625. The lowest BCUT2D eigenvalue weighted by Crippen LogP contribution is -2.16. The van der Waals surface area contributed by atoms with Crippen LogP contribution in [-0.4, -0.2) is 24.0 Å². The lowest BCUT2D eigenvalue weighted by Gasteiger charge is -2.13. The number of carboxylic acid groups (broad SMARTS) is 1. The minimum atomic E-state index is -1.16. The van der Waals surface area contributed by atoms with Crippen LogP contribution in [0.15, 0.2) is 12.3 Å². The molecule has 0 amide bonds. The summed E-state index contributed by atoms with van der Waals surface area (Å²) in [5.41, 5.74) is 0. The molecule has 0 aromatic carbocycles. The number of carboxylic acids is 1. The second-order valence-corrected chi connectivity index (χ2v) is 2.28. The van der Waals surface area contributed by atoms with E-state index in [-0.39, 0.29) is 5.76 Å². The number of ether oxygens (including phenoxy) is 2. The summed E-state index contributed by atoms with van der Waals surface area (Å²) < 4.78 is 9.86. The molecule has 1 N–H and O–H groups in total. The van der Waals surface area contributed by atoms with Gasteiger partial charge >= 0.3 is 5.97 Å². The maximum atomic E-state index is 10.2. The quantitative estimate of drug-likeness (QED) is 0.375. The highest BCUT2D eigenvalue weighted by molar-refractivity contribution is 5.83. The summed E-state index contributed by atoms with van der Waals surface area (Å²) in [6.45, 7) is 7.34. The summed E-state index contributed by atoms with van der Waals surface area (Å²) >= 11 is 0. The van der Waals surface area contributed by atoms with Gasteiger partial charge in [0.15, 0.2) is 12.0 Å². The van der Waals surface area contributed by atoms with Crippen molar-refractivity contribution >= 4 is 5.97 Å². The third-order valence-corrected chi connectivity index (χ3v) is 1.10. The van der Waals surface area contributed by atoms with Gasteiger partial charge in [0.25, 0.3) is 0 Å². The van der Waals surface area contributed by atoms with E-state index in [1.54, 1.807) is 6.92 Å². The van der Waals surface area contributed by atoms with Crippen molar-refractivity contribution in [3.63, 3.8) is 0 Å². The molecule has 0 saturated carbocycles. The van der Waals surface area contributed by atoms with Gasteiger partial charge in [0, 0.05) is 0 Å². The normalized spacial score (nSPS) is 12.2. The molecule has 0 radical (unpaired) electrons. The van der Waals surface area contributed by atoms with Crippen LogP contribution in [0, 0.1) is 0 Å². The van der Waals surface area contributed by atoms with Crippen molar-refractivity contribution < 1.29 is 19.4 Å². The van der Waals surface area contributed by atoms with Crippen molar-refractivity contribution in [3.05, 3.63) is 12.3 Å². The average Bonchev–Trinajstić information content (AvgIpc) is 2.00. The van der Waals surface area contributed by atoms with Crippen molar-refractivity contribution in [2.75, 3.05) is 6.61 Å². The summed E-state index contributed by atoms with van der Waals surface area (Å²) in [7, 11) is 0. The molecule has 1 atom stereocenters. The molecule has 0 aliphatic rings. The zero-order chi connectivity index (χ0) is 9.56. The molecule has 0 heterocycles. The van der Waals surface area contributed by atoms with E-state index in [1.165, 1.54) is 0 Å². The molecule has 0 aromatic rings. The van der Waals surface area contributed by atoms with E-state index < -0.39 is 12.3 Å². The van der Waals surface area contributed by atoms with Gasteiger partial charge in [-0.25, -0.2) is 4.79 Å². The maximum Gasteiger partial charge on any atom is 0.370 e. The lowest BCUT2D eigenvalue weighted by atomic mass is 10.5. The SMILES string of the molecule is C=C(OC(C)OCCC)C(=O)O. The Kier molecular flexibility index (Phi) is 5.12. The summed E-state index contributed by atoms with van der Waals surface area (Å²) in [4.78, 5) is 10.2. The van der Waals surface area contributed by atoms with Crippen molar-refractivity contribution in [1.29, 1.82) is 0 Å². The van der Waals surface area contributed by atoms with Crippen molar-refractivity contribution in [3.8, 4) is 0 Å². The number of carbonyl (C=O) groups is 1. The van der Waals surface area contributed by atoms with Gasteiger partial charge in [-0.3, -0.25) is 0 Å². The predicted molar refractivity (Wildman–Crippen MR) is 43.6 cm³/mol. The molecule has 12 heavy (non-hydrogen) atoms.